The van der Waals surface area contributed by atoms with Crippen molar-refractivity contribution in [1.29, 1.82) is 0 Å². The molecule has 1 amide bonds. The number of likely N-dealkylation sites (tertiary alicyclic amines) is 1. The molecule has 4 N–H and O–H groups in total. The zero-order valence-corrected chi connectivity index (χ0v) is 16.9. The molecule has 10 heteroatoms. The molecular weight excluding hydrogens is 433 g/mol. The van der Waals surface area contributed by atoms with E-state index in [2.05, 4.69) is 19.9 Å². The maximum Gasteiger partial charge on any atom is 0.217 e. The van der Waals surface area contributed by atoms with Gasteiger partial charge in [-0.2, -0.15) is 0 Å². The molecule has 1 fully saturated rings. The highest BCUT2D eigenvalue weighted by atomic mass is 127. The van der Waals surface area contributed by atoms with E-state index in [1.54, 1.807) is 14.0 Å². The number of amides is 1. The van der Waals surface area contributed by atoms with Gasteiger partial charge in [-0.05, 0) is 25.7 Å². The Morgan fingerprint density at radius 1 is 1.39 bits per heavy atom. The Morgan fingerprint density at radius 2 is 2.09 bits per heavy atom. The molecule has 0 saturated carbocycles. The van der Waals surface area contributed by atoms with Crippen LogP contribution < -0.4 is 15.8 Å². The first-order chi connectivity index (χ1) is 10.4. The third-order valence-corrected chi connectivity index (χ3v) is 5.03. The van der Waals surface area contributed by atoms with Crippen LogP contribution >= 0.6 is 24.0 Å². The molecule has 1 atom stereocenters. The lowest BCUT2D eigenvalue weighted by Crippen LogP contribution is -2.48. The maximum atomic E-state index is 11.3. The van der Waals surface area contributed by atoms with Crippen LogP contribution in [0.5, 0.6) is 0 Å². The van der Waals surface area contributed by atoms with E-state index in [1.807, 2.05) is 0 Å². The van der Waals surface area contributed by atoms with E-state index in [4.69, 9.17) is 5.73 Å². The van der Waals surface area contributed by atoms with E-state index in [0.29, 0.717) is 19.5 Å². The number of guanidine groups is 1. The van der Waals surface area contributed by atoms with Crippen LogP contribution in [0.25, 0.3) is 0 Å². The molecule has 8 nitrogen and oxygen atoms in total. The summed E-state index contributed by atoms with van der Waals surface area (Å²) in [6, 6.07) is 0. The Hall–Kier alpha value is -0.620. The Morgan fingerprint density at radius 3 is 2.65 bits per heavy atom. The van der Waals surface area contributed by atoms with Crippen LogP contribution in [0.15, 0.2) is 4.99 Å². The number of nitrogens with one attached hydrogen (secondary N) is 2. The summed E-state index contributed by atoms with van der Waals surface area (Å²) in [6.07, 6.45) is 2.37. The van der Waals surface area contributed by atoms with Crippen LogP contribution in [-0.4, -0.2) is 64.2 Å². The fraction of sp³-hybridized carbons (Fsp3) is 0.846. The standard InChI is InChI=1S/C13H27N5O3S.HI/c1-3-22(20,21)17-7-6-16-13(15-2)18-8-4-5-11(10-18)9-12(14)19;/h11,17H,3-10H2,1-2H3,(H2,14,19)(H,15,16);1H. The number of hydrogen-bond donors (Lipinski definition) is 3. The van der Waals surface area contributed by atoms with Crippen molar-refractivity contribution in [3.8, 4) is 0 Å². The van der Waals surface area contributed by atoms with E-state index in [9.17, 15) is 13.2 Å². The number of halogens is 1. The van der Waals surface area contributed by atoms with E-state index < -0.39 is 10.0 Å². The Bertz CT molecular complexity index is 498. The minimum atomic E-state index is -3.17. The Balaban J connectivity index is 0.00000484. The number of sulfonamides is 1. The lowest BCUT2D eigenvalue weighted by atomic mass is 9.95. The number of primary amides is 1. The van der Waals surface area contributed by atoms with Crippen LogP contribution in [0.2, 0.25) is 0 Å². The maximum absolute atomic E-state index is 11.3. The molecule has 0 radical (unpaired) electrons. The highest BCUT2D eigenvalue weighted by Crippen LogP contribution is 2.19. The lowest BCUT2D eigenvalue weighted by molar-refractivity contribution is -0.119. The molecule has 1 aliphatic heterocycles. The molecule has 1 aliphatic rings. The van der Waals surface area contributed by atoms with Crippen molar-refractivity contribution in [2.45, 2.75) is 26.2 Å². The molecule has 0 aromatic heterocycles. The molecule has 1 unspecified atom stereocenters. The Kier molecular flexibility index (Phi) is 10.7. The van der Waals surface area contributed by atoms with Crippen LogP contribution in [0.4, 0.5) is 0 Å². The van der Waals surface area contributed by atoms with Crippen molar-refractivity contribution in [3.63, 3.8) is 0 Å². The van der Waals surface area contributed by atoms with Crippen molar-refractivity contribution >= 4 is 45.9 Å². The molecular formula is C13H28IN5O3S. The van der Waals surface area contributed by atoms with Crippen molar-refractivity contribution in [2.24, 2.45) is 16.6 Å². The summed E-state index contributed by atoms with van der Waals surface area (Å²) in [7, 11) is -1.48. The molecule has 23 heavy (non-hydrogen) atoms. The van der Waals surface area contributed by atoms with Gasteiger partial charge in [0.2, 0.25) is 15.9 Å². The van der Waals surface area contributed by atoms with Gasteiger partial charge in [-0.1, -0.05) is 0 Å². The quantitative estimate of drug-likeness (QED) is 0.209. The summed E-state index contributed by atoms with van der Waals surface area (Å²) < 4.78 is 25.2. The van der Waals surface area contributed by atoms with Gasteiger partial charge in [0.1, 0.15) is 0 Å². The van der Waals surface area contributed by atoms with E-state index in [-0.39, 0.29) is 41.6 Å². The second kappa shape index (κ2) is 11.0. The molecule has 0 aliphatic carbocycles. The first kappa shape index (κ1) is 22.4. The fourth-order valence-corrected chi connectivity index (χ4v) is 3.14. The fourth-order valence-electron chi connectivity index (χ4n) is 2.52. The van der Waals surface area contributed by atoms with Gasteiger partial charge in [0, 0.05) is 39.6 Å². The summed E-state index contributed by atoms with van der Waals surface area (Å²) in [6.45, 7) is 3.98. The topological polar surface area (TPSA) is 117 Å². The summed E-state index contributed by atoms with van der Waals surface area (Å²) in [5.74, 6) is 0.778. The highest BCUT2D eigenvalue weighted by Gasteiger charge is 2.23. The van der Waals surface area contributed by atoms with Gasteiger partial charge in [-0.25, -0.2) is 13.1 Å². The van der Waals surface area contributed by atoms with E-state index in [1.165, 1.54) is 0 Å². The number of nitrogens with zero attached hydrogens (tertiary/aromatic N) is 2. The zero-order valence-electron chi connectivity index (χ0n) is 13.7. The van der Waals surface area contributed by atoms with Crippen LogP contribution in [0.3, 0.4) is 0 Å². The largest absolute Gasteiger partial charge is 0.370 e. The normalized spacial score (nSPS) is 19.1. The summed E-state index contributed by atoms with van der Waals surface area (Å²) in [4.78, 5) is 17.3. The van der Waals surface area contributed by atoms with Crippen molar-refractivity contribution < 1.29 is 13.2 Å². The molecule has 0 aromatic rings. The summed E-state index contributed by atoms with van der Waals surface area (Å²) in [5.41, 5.74) is 5.26. The van der Waals surface area contributed by atoms with Gasteiger partial charge < -0.3 is 16.0 Å². The second-order valence-electron chi connectivity index (χ2n) is 5.40. The van der Waals surface area contributed by atoms with Crippen molar-refractivity contribution in [3.05, 3.63) is 0 Å². The summed E-state index contributed by atoms with van der Waals surface area (Å²) in [5, 5.41) is 3.14. The van der Waals surface area contributed by atoms with Gasteiger partial charge in [0.05, 0.1) is 5.75 Å². The molecule has 136 valence electrons. The predicted molar refractivity (Wildman–Crippen MR) is 102 cm³/mol. The number of carbonyl (C=O) groups is 1. The van der Waals surface area contributed by atoms with Crippen molar-refractivity contribution in [2.75, 3.05) is 39.0 Å². The molecule has 1 rings (SSSR count). The van der Waals surface area contributed by atoms with Crippen LogP contribution in [-0.2, 0) is 14.8 Å². The van der Waals surface area contributed by atoms with Crippen LogP contribution in [0, 0.1) is 5.92 Å². The smallest absolute Gasteiger partial charge is 0.217 e. The third-order valence-electron chi connectivity index (χ3n) is 3.63. The number of aliphatic imine (C=N–C) groups is 1. The number of hydrogen-bond acceptors (Lipinski definition) is 4. The van der Waals surface area contributed by atoms with Gasteiger partial charge >= 0.3 is 0 Å². The molecule has 0 aromatic carbocycles. The Labute approximate surface area is 155 Å². The molecule has 0 spiro atoms. The van der Waals surface area contributed by atoms with Gasteiger partial charge in [-0.15, -0.1) is 24.0 Å². The predicted octanol–water partition coefficient (Wildman–Crippen LogP) is -0.293. The van der Waals surface area contributed by atoms with Gasteiger partial charge in [0.25, 0.3) is 0 Å². The second-order valence-corrected chi connectivity index (χ2v) is 7.49. The number of piperidine rings is 1. The number of carbonyl (C=O) groups excluding carboxylic acids is 1. The molecule has 1 saturated heterocycles. The number of rotatable bonds is 7. The summed E-state index contributed by atoms with van der Waals surface area (Å²) >= 11 is 0. The minimum Gasteiger partial charge on any atom is -0.370 e. The minimum absolute atomic E-state index is 0. The van der Waals surface area contributed by atoms with E-state index >= 15 is 0 Å². The zero-order chi connectivity index (χ0) is 16.6. The molecule has 0 bridgehead atoms. The number of nitrogens with two attached hydrogens (primary N) is 1. The third kappa shape index (κ3) is 8.70. The van der Waals surface area contributed by atoms with Gasteiger partial charge in [-0.3, -0.25) is 9.79 Å². The monoisotopic (exact) mass is 461 g/mol. The molecule has 1 heterocycles. The SMILES string of the molecule is CCS(=O)(=O)NCCNC(=NC)N1CCCC(CC(N)=O)C1.I. The van der Waals surface area contributed by atoms with E-state index in [0.717, 1.165) is 31.9 Å². The average Bonchev–Trinajstić information content (AvgIpc) is 2.47. The first-order valence-corrected chi connectivity index (χ1v) is 9.24. The lowest BCUT2D eigenvalue weighted by Gasteiger charge is -2.34. The van der Waals surface area contributed by atoms with Crippen LogP contribution in [0.1, 0.15) is 26.2 Å². The highest BCUT2D eigenvalue weighted by molar-refractivity contribution is 14.0. The first-order valence-electron chi connectivity index (χ1n) is 7.59. The average molecular weight is 461 g/mol. The van der Waals surface area contributed by atoms with Crippen molar-refractivity contribution in [1.82, 2.24) is 14.9 Å². The van der Waals surface area contributed by atoms with Gasteiger partial charge in [0.15, 0.2) is 5.96 Å².